The fourth-order valence-electron chi connectivity index (χ4n) is 3.96. The lowest BCUT2D eigenvalue weighted by Crippen LogP contribution is -2.50. The third kappa shape index (κ3) is 3.48. The first-order valence-electron chi connectivity index (χ1n) is 8.16. The van der Waals surface area contributed by atoms with Crippen LogP contribution < -0.4 is 0 Å². The van der Waals surface area contributed by atoms with Crippen molar-refractivity contribution in [3.05, 3.63) is 0 Å². The summed E-state index contributed by atoms with van der Waals surface area (Å²) in [5.41, 5.74) is 0. The van der Waals surface area contributed by atoms with Crippen molar-refractivity contribution >= 4 is 0 Å². The van der Waals surface area contributed by atoms with Gasteiger partial charge in [0.1, 0.15) is 0 Å². The number of nitrogens with zero attached hydrogens (tertiary/aromatic N) is 1. The maximum Gasteiger partial charge on any atom is 0.0695 e. The Balaban J connectivity index is 1.83. The predicted molar refractivity (Wildman–Crippen MR) is 76.6 cm³/mol. The topological polar surface area (TPSA) is 23.5 Å². The van der Waals surface area contributed by atoms with Crippen LogP contribution in [0.3, 0.4) is 0 Å². The first-order valence-corrected chi connectivity index (χ1v) is 8.16. The quantitative estimate of drug-likeness (QED) is 0.829. The maximum atomic E-state index is 10.3. The monoisotopic (exact) mass is 253 g/mol. The number of hydrogen-bond acceptors (Lipinski definition) is 2. The molecule has 0 aromatic carbocycles. The van der Waals surface area contributed by atoms with Crippen molar-refractivity contribution in [1.29, 1.82) is 0 Å². The van der Waals surface area contributed by atoms with E-state index in [0.29, 0.717) is 6.04 Å². The Morgan fingerprint density at radius 1 is 1.00 bits per heavy atom. The van der Waals surface area contributed by atoms with Crippen LogP contribution in [0.25, 0.3) is 0 Å². The summed E-state index contributed by atoms with van der Waals surface area (Å²) in [5, 5.41) is 10.3. The first-order chi connectivity index (χ1) is 8.74. The second-order valence-electron chi connectivity index (χ2n) is 6.49. The van der Waals surface area contributed by atoms with Gasteiger partial charge in [0.15, 0.2) is 0 Å². The highest BCUT2D eigenvalue weighted by Crippen LogP contribution is 2.32. The fourth-order valence-corrected chi connectivity index (χ4v) is 3.96. The minimum absolute atomic E-state index is 0.0597. The summed E-state index contributed by atoms with van der Waals surface area (Å²) in [6.07, 6.45) is 10.2. The molecule has 1 N–H and O–H groups in total. The van der Waals surface area contributed by atoms with E-state index in [1.165, 1.54) is 58.0 Å². The van der Waals surface area contributed by atoms with E-state index in [1.54, 1.807) is 0 Å². The van der Waals surface area contributed by atoms with Gasteiger partial charge in [-0.3, -0.25) is 4.90 Å². The van der Waals surface area contributed by atoms with Crippen molar-refractivity contribution in [3.63, 3.8) is 0 Å². The standard InChI is InChI=1S/C16H31NO/c1-3-5-14-8-10-17(11-9-14)15-12-13(4-2)6-7-16(15)18/h13-16,18H,3-12H2,1-2H3. The first kappa shape index (κ1) is 14.3. The molecule has 1 aliphatic carbocycles. The molecule has 2 aliphatic rings. The Hall–Kier alpha value is -0.0800. The summed E-state index contributed by atoms with van der Waals surface area (Å²) in [6.45, 7) is 7.04. The number of aliphatic hydroxyl groups is 1. The molecule has 0 amide bonds. The fraction of sp³-hybridized carbons (Fsp3) is 1.00. The van der Waals surface area contributed by atoms with E-state index < -0.39 is 0 Å². The van der Waals surface area contributed by atoms with E-state index >= 15 is 0 Å². The molecule has 3 unspecified atom stereocenters. The summed E-state index contributed by atoms with van der Waals surface area (Å²) in [5.74, 6) is 1.81. The van der Waals surface area contributed by atoms with Crippen LogP contribution in [0.5, 0.6) is 0 Å². The molecular formula is C16H31NO. The van der Waals surface area contributed by atoms with Gasteiger partial charge in [-0.2, -0.15) is 0 Å². The lowest BCUT2D eigenvalue weighted by molar-refractivity contribution is -0.0119. The highest BCUT2D eigenvalue weighted by Gasteiger charge is 2.34. The zero-order valence-corrected chi connectivity index (χ0v) is 12.3. The third-order valence-electron chi connectivity index (χ3n) is 5.28. The lowest BCUT2D eigenvalue weighted by Gasteiger charge is -2.43. The van der Waals surface area contributed by atoms with E-state index in [9.17, 15) is 5.11 Å². The molecule has 0 bridgehead atoms. The van der Waals surface area contributed by atoms with Gasteiger partial charge in [0.05, 0.1) is 6.10 Å². The van der Waals surface area contributed by atoms with Crippen LogP contribution >= 0.6 is 0 Å². The highest BCUT2D eigenvalue weighted by atomic mass is 16.3. The molecule has 3 atom stereocenters. The van der Waals surface area contributed by atoms with Crippen molar-refractivity contribution in [2.45, 2.75) is 77.4 Å². The van der Waals surface area contributed by atoms with E-state index in [1.807, 2.05) is 0 Å². The molecule has 1 aliphatic heterocycles. The van der Waals surface area contributed by atoms with Crippen molar-refractivity contribution in [1.82, 2.24) is 4.90 Å². The second kappa shape index (κ2) is 6.91. The van der Waals surface area contributed by atoms with E-state index in [0.717, 1.165) is 18.3 Å². The van der Waals surface area contributed by atoms with Gasteiger partial charge in [-0.15, -0.1) is 0 Å². The average Bonchev–Trinajstić information content (AvgIpc) is 2.41. The second-order valence-corrected chi connectivity index (χ2v) is 6.49. The minimum Gasteiger partial charge on any atom is -0.391 e. The van der Waals surface area contributed by atoms with Gasteiger partial charge in [0.2, 0.25) is 0 Å². The average molecular weight is 253 g/mol. The highest BCUT2D eigenvalue weighted by molar-refractivity contribution is 4.88. The van der Waals surface area contributed by atoms with Crippen LogP contribution in [0, 0.1) is 11.8 Å². The van der Waals surface area contributed by atoms with Crippen LogP contribution in [0.15, 0.2) is 0 Å². The van der Waals surface area contributed by atoms with Gasteiger partial charge < -0.3 is 5.11 Å². The smallest absolute Gasteiger partial charge is 0.0695 e. The van der Waals surface area contributed by atoms with Crippen molar-refractivity contribution in [2.24, 2.45) is 11.8 Å². The molecule has 0 radical (unpaired) electrons. The van der Waals surface area contributed by atoms with Crippen LogP contribution in [0.2, 0.25) is 0 Å². The number of hydrogen-bond donors (Lipinski definition) is 1. The summed E-state index contributed by atoms with van der Waals surface area (Å²) in [7, 11) is 0. The predicted octanol–water partition coefficient (Wildman–Crippen LogP) is 3.44. The number of aliphatic hydroxyl groups excluding tert-OH is 1. The number of piperidine rings is 1. The van der Waals surface area contributed by atoms with Crippen molar-refractivity contribution < 1.29 is 5.11 Å². The molecule has 0 spiro atoms. The Bertz CT molecular complexity index is 235. The zero-order chi connectivity index (χ0) is 13.0. The largest absolute Gasteiger partial charge is 0.391 e. The summed E-state index contributed by atoms with van der Waals surface area (Å²) in [6, 6.07) is 0.464. The maximum absolute atomic E-state index is 10.3. The van der Waals surface area contributed by atoms with Crippen LogP contribution in [0.4, 0.5) is 0 Å². The molecule has 2 rings (SSSR count). The van der Waals surface area contributed by atoms with Gasteiger partial charge >= 0.3 is 0 Å². The summed E-state index contributed by atoms with van der Waals surface area (Å²) in [4.78, 5) is 2.60. The van der Waals surface area contributed by atoms with Crippen LogP contribution in [-0.4, -0.2) is 35.2 Å². The minimum atomic E-state index is -0.0597. The summed E-state index contributed by atoms with van der Waals surface area (Å²) < 4.78 is 0. The van der Waals surface area contributed by atoms with Gasteiger partial charge in [0.25, 0.3) is 0 Å². The Labute approximate surface area is 113 Å². The molecule has 2 nitrogen and oxygen atoms in total. The molecule has 2 heteroatoms. The van der Waals surface area contributed by atoms with Gasteiger partial charge in [0, 0.05) is 6.04 Å². The number of rotatable bonds is 4. The van der Waals surface area contributed by atoms with E-state index in [2.05, 4.69) is 18.7 Å². The van der Waals surface area contributed by atoms with Gasteiger partial charge in [-0.05, 0) is 57.0 Å². The molecule has 1 saturated heterocycles. The molecule has 106 valence electrons. The Morgan fingerprint density at radius 3 is 2.33 bits per heavy atom. The van der Waals surface area contributed by atoms with Gasteiger partial charge in [-0.25, -0.2) is 0 Å². The van der Waals surface area contributed by atoms with E-state index in [-0.39, 0.29) is 6.10 Å². The Kier molecular flexibility index (Phi) is 5.50. The normalized spacial score (nSPS) is 35.8. The van der Waals surface area contributed by atoms with Crippen molar-refractivity contribution in [3.8, 4) is 0 Å². The molecule has 2 fully saturated rings. The van der Waals surface area contributed by atoms with Crippen molar-refractivity contribution in [2.75, 3.05) is 13.1 Å². The SMILES string of the molecule is CCCC1CCN(C2CC(CC)CCC2O)CC1. The molecule has 1 heterocycles. The molecule has 18 heavy (non-hydrogen) atoms. The Morgan fingerprint density at radius 2 is 1.72 bits per heavy atom. The van der Waals surface area contributed by atoms with Crippen LogP contribution in [0.1, 0.15) is 65.2 Å². The lowest BCUT2D eigenvalue weighted by atomic mass is 9.80. The third-order valence-corrected chi connectivity index (χ3v) is 5.28. The molecular weight excluding hydrogens is 222 g/mol. The van der Waals surface area contributed by atoms with E-state index in [4.69, 9.17) is 0 Å². The molecule has 0 aromatic rings. The summed E-state index contributed by atoms with van der Waals surface area (Å²) >= 11 is 0. The van der Waals surface area contributed by atoms with Gasteiger partial charge in [-0.1, -0.05) is 33.1 Å². The number of likely N-dealkylation sites (tertiary alicyclic amines) is 1. The van der Waals surface area contributed by atoms with Crippen LogP contribution in [-0.2, 0) is 0 Å². The zero-order valence-electron chi connectivity index (χ0n) is 12.3. The molecule has 1 saturated carbocycles. The molecule has 0 aromatic heterocycles.